The molecule has 2 unspecified atom stereocenters. The van der Waals surface area contributed by atoms with Crippen LogP contribution in [0.1, 0.15) is 76.0 Å². The zero-order valence-electron chi connectivity index (χ0n) is 26.6. The zero-order chi connectivity index (χ0) is 31.2. The largest absolute Gasteiger partial charge is 0.370 e. The van der Waals surface area contributed by atoms with Crippen LogP contribution in [0, 0.1) is 0 Å². The first-order chi connectivity index (χ1) is 21.7. The predicted octanol–water partition coefficient (Wildman–Crippen LogP) is 7.82. The Morgan fingerprint density at radius 3 is 1.89 bits per heavy atom. The monoisotopic (exact) mass is 614 g/mol. The van der Waals surface area contributed by atoms with Crippen LogP contribution in [0.2, 0.25) is 0 Å². The van der Waals surface area contributed by atoms with E-state index < -0.39 is 0 Å². The molecule has 0 amide bonds. The summed E-state index contributed by atoms with van der Waals surface area (Å²) < 4.78 is 0. The van der Waals surface area contributed by atoms with Gasteiger partial charge in [0, 0.05) is 50.1 Å². The summed E-state index contributed by atoms with van der Waals surface area (Å²) >= 11 is 1.65. The van der Waals surface area contributed by atoms with E-state index in [1.54, 1.807) is 18.0 Å². The van der Waals surface area contributed by atoms with Gasteiger partial charge in [-0.1, -0.05) is 87.5 Å². The minimum atomic E-state index is 0.500. The maximum absolute atomic E-state index is 5.41. The van der Waals surface area contributed by atoms with Crippen LogP contribution >= 0.6 is 11.8 Å². The third-order valence-electron chi connectivity index (χ3n) is 6.91. The SMILES string of the molecule is CCCNc1cc(C2CCC2c2ccccc2)nc(NCCC)n1.CCCNc1nccc(SCCN)n1.c1ccccc1. The molecule has 1 saturated carbocycles. The molecule has 2 aromatic carbocycles. The lowest BCUT2D eigenvalue weighted by atomic mass is 9.68. The molecule has 4 aromatic rings. The molecular weight excluding hydrogens is 565 g/mol. The second-order valence-corrected chi connectivity index (χ2v) is 11.6. The van der Waals surface area contributed by atoms with Gasteiger partial charge in [0.1, 0.15) is 10.8 Å². The number of nitrogens with two attached hydrogens (primary N) is 1. The molecule has 44 heavy (non-hydrogen) atoms. The average Bonchev–Trinajstić information content (AvgIpc) is 3.06. The van der Waals surface area contributed by atoms with Crippen molar-refractivity contribution in [3.63, 3.8) is 0 Å². The minimum Gasteiger partial charge on any atom is -0.370 e. The number of benzene rings is 2. The number of hydrogen-bond acceptors (Lipinski definition) is 9. The smallest absolute Gasteiger partial charge is 0.224 e. The van der Waals surface area contributed by atoms with Crippen LogP contribution < -0.4 is 21.7 Å². The molecule has 8 nitrogen and oxygen atoms in total. The van der Waals surface area contributed by atoms with Gasteiger partial charge in [-0.3, -0.25) is 0 Å². The maximum atomic E-state index is 5.41. The van der Waals surface area contributed by atoms with Gasteiger partial charge in [0.2, 0.25) is 11.9 Å². The van der Waals surface area contributed by atoms with E-state index in [1.165, 1.54) is 24.1 Å². The first-order valence-electron chi connectivity index (χ1n) is 16.0. The molecule has 1 aliphatic rings. The molecule has 0 bridgehead atoms. The first-order valence-corrected chi connectivity index (χ1v) is 17.0. The van der Waals surface area contributed by atoms with Crippen LogP contribution in [0.25, 0.3) is 0 Å². The van der Waals surface area contributed by atoms with Crippen molar-refractivity contribution in [2.24, 2.45) is 5.73 Å². The fourth-order valence-corrected chi connectivity index (χ4v) is 5.20. The quantitative estimate of drug-likeness (QED) is 0.0834. The summed E-state index contributed by atoms with van der Waals surface area (Å²) in [7, 11) is 0. The molecule has 2 heterocycles. The van der Waals surface area contributed by atoms with E-state index in [0.717, 1.165) is 61.4 Å². The number of aromatic nitrogens is 4. The van der Waals surface area contributed by atoms with Crippen LogP contribution in [-0.4, -0.2) is 51.9 Å². The summed E-state index contributed by atoms with van der Waals surface area (Å²) in [6, 6.07) is 26.9. The summed E-state index contributed by atoms with van der Waals surface area (Å²) in [6.07, 6.45) is 7.45. The lowest BCUT2D eigenvalue weighted by Gasteiger charge is -2.37. The van der Waals surface area contributed by atoms with Crippen LogP contribution in [0.3, 0.4) is 0 Å². The third-order valence-corrected chi connectivity index (χ3v) is 7.88. The number of anilines is 3. The maximum Gasteiger partial charge on any atom is 0.224 e. The van der Waals surface area contributed by atoms with E-state index in [1.807, 2.05) is 42.5 Å². The number of nitrogens with zero attached hydrogens (tertiary/aromatic N) is 4. The molecule has 0 aliphatic heterocycles. The molecule has 1 fully saturated rings. The average molecular weight is 615 g/mol. The van der Waals surface area contributed by atoms with E-state index in [4.69, 9.17) is 10.7 Å². The normalized spacial score (nSPS) is 15.0. The van der Waals surface area contributed by atoms with E-state index >= 15 is 0 Å². The Morgan fingerprint density at radius 1 is 0.705 bits per heavy atom. The zero-order valence-corrected chi connectivity index (χ0v) is 27.4. The highest BCUT2D eigenvalue weighted by molar-refractivity contribution is 7.99. The second-order valence-electron chi connectivity index (χ2n) is 10.5. The summed E-state index contributed by atoms with van der Waals surface area (Å²) in [6.45, 7) is 9.87. The molecule has 5 N–H and O–H groups in total. The molecule has 5 rings (SSSR count). The fraction of sp³-hybridized carbons (Fsp3) is 0.429. The van der Waals surface area contributed by atoms with Gasteiger partial charge in [0.15, 0.2) is 0 Å². The van der Waals surface area contributed by atoms with Crippen molar-refractivity contribution in [1.29, 1.82) is 0 Å². The summed E-state index contributed by atoms with van der Waals surface area (Å²) in [5.41, 5.74) is 8.01. The van der Waals surface area contributed by atoms with Gasteiger partial charge in [-0.05, 0) is 49.7 Å². The highest BCUT2D eigenvalue weighted by atomic mass is 32.2. The lowest BCUT2D eigenvalue weighted by Crippen LogP contribution is -2.23. The highest BCUT2D eigenvalue weighted by Crippen LogP contribution is 2.48. The molecule has 0 saturated heterocycles. The first kappa shape index (κ1) is 34.8. The number of hydrogen-bond donors (Lipinski definition) is 4. The van der Waals surface area contributed by atoms with E-state index in [0.29, 0.717) is 24.3 Å². The van der Waals surface area contributed by atoms with Gasteiger partial charge in [0.25, 0.3) is 0 Å². The van der Waals surface area contributed by atoms with E-state index in [9.17, 15) is 0 Å². The van der Waals surface area contributed by atoms with Crippen molar-refractivity contribution >= 4 is 29.5 Å². The van der Waals surface area contributed by atoms with Crippen molar-refractivity contribution in [2.45, 2.75) is 69.7 Å². The molecule has 2 atom stereocenters. The molecule has 236 valence electrons. The van der Waals surface area contributed by atoms with Crippen molar-refractivity contribution in [1.82, 2.24) is 19.9 Å². The number of nitrogens with one attached hydrogen (secondary N) is 3. The Morgan fingerprint density at radius 2 is 1.30 bits per heavy atom. The number of rotatable bonds is 14. The molecule has 2 aromatic heterocycles. The van der Waals surface area contributed by atoms with Crippen molar-refractivity contribution < 1.29 is 0 Å². The minimum absolute atomic E-state index is 0.500. The molecule has 1 aliphatic carbocycles. The van der Waals surface area contributed by atoms with Gasteiger partial charge in [-0.15, -0.1) is 11.8 Å². The Labute approximate surface area is 268 Å². The third kappa shape index (κ3) is 12.5. The summed E-state index contributed by atoms with van der Waals surface area (Å²) in [5.74, 6) is 4.38. The van der Waals surface area contributed by atoms with Gasteiger partial charge in [-0.25, -0.2) is 15.0 Å². The number of thioether (sulfide) groups is 1. The van der Waals surface area contributed by atoms with Gasteiger partial charge >= 0.3 is 0 Å². The molecular formula is C35H50N8S. The van der Waals surface area contributed by atoms with E-state index in [2.05, 4.69) is 88.1 Å². The van der Waals surface area contributed by atoms with Crippen LogP contribution in [0.15, 0.2) is 90.1 Å². The Bertz CT molecular complexity index is 1220. The molecule has 0 radical (unpaired) electrons. The fourth-order valence-electron chi connectivity index (χ4n) is 4.56. The lowest BCUT2D eigenvalue weighted by molar-refractivity contribution is 0.340. The van der Waals surface area contributed by atoms with Crippen LogP contribution in [0.5, 0.6) is 0 Å². The van der Waals surface area contributed by atoms with Crippen molar-refractivity contribution in [2.75, 3.05) is 47.9 Å². The van der Waals surface area contributed by atoms with Gasteiger partial charge in [0.05, 0.1) is 5.69 Å². The van der Waals surface area contributed by atoms with Gasteiger partial charge < -0.3 is 21.7 Å². The van der Waals surface area contributed by atoms with Crippen LogP contribution in [0.4, 0.5) is 17.7 Å². The Kier molecular flexibility index (Phi) is 16.7. The summed E-state index contributed by atoms with van der Waals surface area (Å²) in [5, 5.41) is 10.9. The predicted molar refractivity (Wildman–Crippen MR) is 188 cm³/mol. The Balaban J connectivity index is 0.000000221. The Hall–Kier alpha value is -3.69. The van der Waals surface area contributed by atoms with Crippen molar-refractivity contribution in [3.8, 4) is 0 Å². The van der Waals surface area contributed by atoms with Crippen molar-refractivity contribution in [3.05, 3.63) is 96.3 Å². The summed E-state index contributed by atoms with van der Waals surface area (Å²) in [4.78, 5) is 17.9. The molecule has 9 heteroatoms. The topological polar surface area (TPSA) is 114 Å². The highest BCUT2D eigenvalue weighted by Gasteiger charge is 2.34. The second kappa shape index (κ2) is 21.1. The standard InChI is InChI=1S/C20H28N4.C9H16N4S.C6H6/c1-3-12-21-19-14-18(23-20(24-19)22-13-4-2)17-11-10-16(17)15-8-6-5-7-9-15;1-2-5-11-9-12-6-3-8(13-9)14-7-4-10;1-2-4-6-5-3-1/h5-9,14,16-17H,3-4,10-13H2,1-2H3,(H2,21,22,23,24);3,6H,2,4-5,7,10H2,1H3,(H,11,12,13);1-6H. The molecule has 0 spiro atoms. The van der Waals surface area contributed by atoms with Gasteiger partial charge in [-0.2, -0.15) is 4.98 Å². The van der Waals surface area contributed by atoms with E-state index in [-0.39, 0.29) is 0 Å². The van der Waals surface area contributed by atoms with Crippen LogP contribution in [-0.2, 0) is 0 Å².